The van der Waals surface area contributed by atoms with Gasteiger partial charge in [-0.1, -0.05) is 37.5 Å². The normalized spacial score (nSPS) is 20.9. The summed E-state index contributed by atoms with van der Waals surface area (Å²) in [6.45, 7) is 1.88. The van der Waals surface area contributed by atoms with E-state index in [1.165, 1.54) is 0 Å². The van der Waals surface area contributed by atoms with E-state index < -0.39 is 17.6 Å². The highest BCUT2D eigenvalue weighted by molar-refractivity contribution is 5.91. The molecule has 3 N–H and O–H groups in total. The largest absolute Gasteiger partial charge is 0.480 e. The molecule has 2 fully saturated rings. The van der Waals surface area contributed by atoms with Gasteiger partial charge in [0.15, 0.2) is 0 Å². The van der Waals surface area contributed by atoms with Crippen LogP contribution in [0, 0.1) is 0 Å². The van der Waals surface area contributed by atoms with E-state index in [0.717, 1.165) is 74.5 Å². The van der Waals surface area contributed by atoms with Crippen molar-refractivity contribution in [1.82, 2.24) is 15.2 Å². The summed E-state index contributed by atoms with van der Waals surface area (Å²) in [5.41, 5.74) is 1.37. The molecule has 1 aliphatic carbocycles. The van der Waals surface area contributed by atoms with E-state index in [2.05, 4.69) is 15.2 Å². The second kappa shape index (κ2) is 7.95. The van der Waals surface area contributed by atoms with E-state index in [1.54, 1.807) is 0 Å². The van der Waals surface area contributed by atoms with Crippen LogP contribution in [-0.4, -0.2) is 51.5 Å². The number of aromatic nitrogens is 1. The Morgan fingerprint density at radius 3 is 2.54 bits per heavy atom. The average molecular weight is 383 g/mol. The maximum atomic E-state index is 13.4. The molecule has 4 rings (SSSR count). The topological polar surface area (TPSA) is 85.4 Å². The van der Waals surface area contributed by atoms with Crippen LogP contribution in [0.3, 0.4) is 0 Å². The number of carbonyl (C=O) groups is 2. The number of likely N-dealkylation sites (tertiary alicyclic amines) is 1. The number of fused-ring (bicyclic) bond motifs is 1. The molecule has 0 unspecified atom stereocenters. The number of aliphatic carboxylic acids is 1. The van der Waals surface area contributed by atoms with Crippen LogP contribution in [0.15, 0.2) is 30.5 Å². The molecule has 1 atom stereocenters. The fraction of sp³-hybridized carbons (Fsp3) is 0.545. The van der Waals surface area contributed by atoms with Crippen molar-refractivity contribution in [1.29, 1.82) is 0 Å². The van der Waals surface area contributed by atoms with E-state index in [9.17, 15) is 14.7 Å². The second-order valence-corrected chi connectivity index (χ2v) is 8.21. The maximum absolute atomic E-state index is 13.4. The van der Waals surface area contributed by atoms with E-state index in [1.807, 2.05) is 30.5 Å². The molecule has 1 aromatic carbocycles. The molecule has 6 heteroatoms. The SMILES string of the molecule is O=C(O)[C@H](Cc1c[nH]c2ccccc12)NC(=O)C1(N2CCCC2)CCCCC1. The van der Waals surface area contributed by atoms with Gasteiger partial charge in [0.25, 0.3) is 0 Å². The Morgan fingerprint density at radius 1 is 1.11 bits per heavy atom. The van der Waals surface area contributed by atoms with Crippen LogP contribution in [0.25, 0.3) is 10.9 Å². The Balaban J connectivity index is 1.54. The first-order valence-corrected chi connectivity index (χ1v) is 10.4. The number of carboxylic acids is 1. The molecule has 1 aliphatic heterocycles. The minimum atomic E-state index is -0.981. The predicted octanol–water partition coefficient (Wildman–Crippen LogP) is 3.08. The molecule has 1 saturated heterocycles. The third-order valence-electron chi connectivity index (χ3n) is 6.52. The van der Waals surface area contributed by atoms with Gasteiger partial charge < -0.3 is 15.4 Å². The third kappa shape index (κ3) is 3.53. The molecule has 1 aromatic heterocycles. The summed E-state index contributed by atoms with van der Waals surface area (Å²) in [7, 11) is 0. The summed E-state index contributed by atoms with van der Waals surface area (Å²) in [4.78, 5) is 30.9. The van der Waals surface area contributed by atoms with Crippen LogP contribution in [0.2, 0.25) is 0 Å². The lowest BCUT2D eigenvalue weighted by atomic mass is 9.79. The van der Waals surface area contributed by atoms with Crippen molar-refractivity contribution in [2.45, 2.75) is 62.9 Å². The summed E-state index contributed by atoms with van der Waals surface area (Å²) in [5.74, 6) is -1.08. The van der Waals surface area contributed by atoms with Gasteiger partial charge in [0.05, 0.1) is 0 Å². The molecule has 2 aliphatic rings. The van der Waals surface area contributed by atoms with Gasteiger partial charge in [0.2, 0.25) is 5.91 Å². The summed E-state index contributed by atoms with van der Waals surface area (Å²) < 4.78 is 0. The molecule has 0 spiro atoms. The minimum Gasteiger partial charge on any atom is -0.480 e. The molecule has 0 radical (unpaired) electrons. The van der Waals surface area contributed by atoms with Gasteiger partial charge in [-0.25, -0.2) is 4.79 Å². The highest BCUT2D eigenvalue weighted by Crippen LogP contribution is 2.36. The molecule has 2 aromatic rings. The van der Waals surface area contributed by atoms with Crippen molar-refractivity contribution in [2.75, 3.05) is 13.1 Å². The lowest BCUT2D eigenvalue weighted by Crippen LogP contribution is -2.61. The number of carbonyl (C=O) groups excluding carboxylic acids is 1. The summed E-state index contributed by atoms with van der Waals surface area (Å²) in [6, 6.07) is 6.92. The Kier molecular flexibility index (Phi) is 5.40. The first kappa shape index (κ1) is 19.0. The predicted molar refractivity (Wildman–Crippen MR) is 108 cm³/mol. The molecule has 1 saturated carbocycles. The lowest BCUT2D eigenvalue weighted by Gasteiger charge is -2.43. The van der Waals surface area contributed by atoms with Crippen LogP contribution in [-0.2, 0) is 16.0 Å². The Labute approximate surface area is 165 Å². The standard InChI is InChI=1S/C22H29N3O3/c26-20(27)19(14-16-15-23-18-9-3-2-8-17(16)18)24-21(28)22(10-4-1-5-11-22)25-12-6-7-13-25/h2-3,8-9,15,19,23H,1,4-7,10-14H2,(H,24,28)(H,26,27)/t19-/m0/s1. The zero-order chi connectivity index (χ0) is 19.6. The maximum Gasteiger partial charge on any atom is 0.326 e. The summed E-state index contributed by atoms with van der Waals surface area (Å²) in [5, 5.41) is 13.7. The zero-order valence-electron chi connectivity index (χ0n) is 16.2. The van der Waals surface area contributed by atoms with Crippen LogP contribution in [0.4, 0.5) is 0 Å². The molecule has 6 nitrogen and oxygen atoms in total. The number of carboxylic acid groups (broad SMARTS) is 1. The van der Waals surface area contributed by atoms with Gasteiger partial charge in [0, 0.05) is 23.5 Å². The van der Waals surface area contributed by atoms with Gasteiger partial charge in [-0.15, -0.1) is 0 Å². The number of rotatable bonds is 6. The minimum absolute atomic E-state index is 0.0960. The zero-order valence-corrected chi connectivity index (χ0v) is 16.2. The first-order chi connectivity index (χ1) is 13.6. The Hall–Kier alpha value is -2.34. The van der Waals surface area contributed by atoms with Crippen LogP contribution in [0.1, 0.15) is 50.5 Å². The van der Waals surface area contributed by atoms with Gasteiger partial charge in [-0.05, 0) is 50.4 Å². The van der Waals surface area contributed by atoms with Crippen LogP contribution >= 0.6 is 0 Å². The van der Waals surface area contributed by atoms with Gasteiger partial charge in [0.1, 0.15) is 11.6 Å². The number of para-hydroxylation sites is 1. The Morgan fingerprint density at radius 2 is 1.82 bits per heavy atom. The molecular weight excluding hydrogens is 354 g/mol. The highest BCUT2D eigenvalue weighted by atomic mass is 16.4. The van der Waals surface area contributed by atoms with E-state index in [-0.39, 0.29) is 12.3 Å². The van der Waals surface area contributed by atoms with Gasteiger partial charge in [-0.3, -0.25) is 9.69 Å². The van der Waals surface area contributed by atoms with E-state index in [4.69, 9.17) is 0 Å². The average Bonchev–Trinajstić information content (AvgIpc) is 3.38. The third-order valence-corrected chi connectivity index (χ3v) is 6.52. The number of H-pyrrole nitrogens is 1. The molecule has 2 heterocycles. The number of hydrogen-bond acceptors (Lipinski definition) is 3. The number of benzene rings is 1. The molecule has 28 heavy (non-hydrogen) atoms. The van der Waals surface area contributed by atoms with E-state index >= 15 is 0 Å². The summed E-state index contributed by atoms with van der Waals surface area (Å²) in [6.07, 6.45) is 9.25. The van der Waals surface area contributed by atoms with Gasteiger partial charge >= 0.3 is 5.97 Å². The van der Waals surface area contributed by atoms with Crippen molar-refractivity contribution in [3.05, 3.63) is 36.0 Å². The second-order valence-electron chi connectivity index (χ2n) is 8.21. The number of nitrogens with zero attached hydrogens (tertiary/aromatic N) is 1. The number of hydrogen-bond donors (Lipinski definition) is 3. The van der Waals surface area contributed by atoms with Crippen molar-refractivity contribution in [3.8, 4) is 0 Å². The number of nitrogens with one attached hydrogen (secondary N) is 2. The smallest absolute Gasteiger partial charge is 0.326 e. The van der Waals surface area contributed by atoms with Crippen LogP contribution < -0.4 is 5.32 Å². The van der Waals surface area contributed by atoms with E-state index in [0.29, 0.717) is 0 Å². The molecule has 150 valence electrons. The molecule has 0 bridgehead atoms. The Bertz CT molecular complexity index is 848. The number of amides is 1. The highest BCUT2D eigenvalue weighted by Gasteiger charge is 2.46. The molecular formula is C22H29N3O3. The summed E-state index contributed by atoms with van der Waals surface area (Å²) >= 11 is 0. The monoisotopic (exact) mass is 383 g/mol. The van der Waals surface area contributed by atoms with Crippen molar-refractivity contribution in [2.24, 2.45) is 0 Å². The van der Waals surface area contributed by atoms with Crippen molar-refractivity contribution < 1.29 is 14.7 Å². The molecule has 1 amide bonds. The number of aromatic amines is 1. The quantitative estimate of drug-likeness (QED) is 0.716. The van der Waals surface area contributed by atoms with Crippen LogP contribution in [0.5, 0.6) is 0 Å². The fourth-order valence-electron chi connectivity index (χ4n) is 4.98. The van der Waals surface area contributed by atoms with Gasteiger partial charge in [-0.2, -0.15) is 0 Å². The lowest BCUT2D eigenvalue weighted by molar-refractivity contribution is -0.145. The first-order valence-electron chi connectivity index (χ1n) is 10.4. The van der Waals surface area contributed by atoms with Crippen molar-refractivity contribution >= 4 is 22.8 Å². The fourth-order valence-corrected chi connectivity index (χ4v) is 4.98. The van der Waals surface area contributed by atoms with Crippen molar-refractivity contribution in [3.63, 3.8) is 0 Å².